The zero-order valence-corrected chi connectivity index (χ0v) is 13.9. The molecule has 0 saturated heterocycles. The number of aromatic nitrogens is 2. The Hall–Kier alpha value is -3.31. The van der Waals surface area contributed by atoms with Crippen molar-refractivity contribution in [2.75, 3.05) is 5.32 Å². The Balaban J connectivity index is 1.86. The number of alkyl halides is 3. The number of nitrogens with zero attached hydrogens (tertiary/aromatic N) is 2. The molecule has 1 aromatic heterocycles. The Morgan fingerprint density at radius 1 is 1.11 bits per heavy atom. The standard InChI is InChI=1S/C19H14F3N3O2/c1-2-5-16(26)18-25-24-17(27-18)14-6-3-4-7-15(14)23-13-10-8-12(9-11-13)19(20,21)22/h1,3-4,6-11,16,23,26H,5H2. The van der Waals surface area contributed by atoms with Crippen molar-refractivity contribution in [1.82, 2.24) is 10.2 Å². The van der Waals surface area contributed by atoms with E-state index in [-0.39, 0.29) is 18.2 Å². The average Bonchev–Trinajstić information content (AvgIpc) is 3.12. The van der Waals surface area contributed by atoms with Gasteiger partial charge < -0.3 is 14.8 Å². The lowest BCUT2D eigenvalue weighted by atomic mass is 10.1. The molecule has 0 amide bonds. The minimum absolute atomic E-state index is 0.00715. The topological polar surface area (TPSA) is 71.2 Å². The van der Waals surface area contributed by atoms with Crippen LogP contribution in [0.4, 0.5) is 24.5 Å². The second-order valence-corrected chi connectivity index (χ2v) is 5.62. The number of aliphatic hydroxyl groups is 1. The number of benzene rings is 2. The summed E-state index contributed by atoms with van der Waals surface area (Å²) in [5.74, 6) is 2.45. The summed E-state index contributed by atoms with van der Waals surface area (Å²) in [4.78, 5) is 0. The zero-order chi connectivity index (χ0) is 19.4. The largest absolute Gasteiger partial charge is 0.418 e. The third-order valence-electron chi connectivity index (χ3n) is 3.69. The molecule has 0 aliphatic carbocycles. The first-order valence-electron chi connectivity index (χ1n) is 7.87. The summed E-state index contributed by atoms with van der Waals surface area (Å²) in [7, 11) is 0. The van der Waals surface area contributed by atoms with Crippen LogP contribution in [0.3, 0.4) is 0 Å². The van der Waals surface area contributed by atoms with Gasteiger partial charge in [0.1, 0.15) is 6.10 Å². The van der Waals surface area contributed by atoms with Crippen molar-refractivity contribution >= 4 is 11.4 Å². The fourth-order valence-electron chi connectivity index (χ4n) is 2.35. The van der Waals surface area contributed by atoms with Crippen LogP contribution in [0.5, 0.6) is 0 Å². The highest BCUT2D eigenvalue weighted by atomic mass is 19.4. The molecule has 0 spiro atoms. The van der Waals surface area contributed by atoms with Gasteiger partial charge in [-0.25, -0.2) is 0 Å². The lowest BCUT2D eigenvalue weighted by molar-refractivity contribution is -0.137. The highest BCUT2D eigenvalue weighted by Gasteiger charge is 2.30. The molecule has 3 rings (SSSR count). The van der Waals surface area contributed by atoms with Gasteiger partial charge in [-0.1, -0.05) is 12.1 Å². The molecule has 0 aliphatic rings. The zero-order valence-electron chi connectivity index (χ0n) is 13.9. The van der Waals surface area contributed by atoms with E-state index in [1.807, 2.05) is 0 Å². The highest BCUT2D eigenvalue weighted by molar-refractivity contribution is 5.76. The number of rotatable bonds is 5. The predicted molar refractivity (Wildman–Crippen MR) is 92.9 cm³/mol. The number of hydrogen-bond acceptors (Lipinski definition) is 5. The monoisotopic (exact) mass is 373 g/mol. The van der Waals surface area contributed by atoms with E-state index in [0.717, 1.165) is 12.1 Å². The number of aliphatic hydroxyl groups excluding tert-OH is 1. The summed E-state index contributed by atoms with van der Waals surface area (Å²) in [5, 5.41) is 20.5. The summed E-state index contributed by atoms with van der Waals surface area (Å²) in [6, 6.07) is 11.6. The van der Waals surface area contributed by atoms with Crippen LogP contribution in [0.1, 0.15) is 24.0 Å². The molecule has 3 aromatic rings. The number of para-hydroxylation sites is 1. The molecule has 0 aliphatic heterocycles. The number of halogens is 3. The number of anilines is 2. The van der Waals surface area contributed by atoms with Crippen LogP contribution in [0, 0.1) is 12.3 Å². The Morgan fingerprint density at radius 2 is 1.81 bits per heavy atom. The minimum Gasteiger partial charge on any atom is -0.418 e. The fraction of sp³-hybridized carbons (Fsp3) is 0.158. The van der Waals surface area contributed by atoms with Crippen LogP contribution < -0.4 is 5.32 Å². The van der Waals surface area contributed by atoms with Gasteiger partial charge in [0.15, 0.2) is 0 Å². The van der Waals surface area contributed by atoms with E-state index in [9.17, 15) is 18.3 Å². The first kappa shape index (κ1) is 18.5. The van der Waals surface area contributed by atoms with Gasteiger partial charge in [0.25, 0.3) is 0 Å². The summed E-state index contributed by atoms with van der Waals surface area (Å²) in [5.41, 5.74) is 0.816. The van der Waals surface area contributed by atoms with Gasteiger partial charge in [-0.3, -0.25) is 0 Å². The quantitative estimate of drug-likeness (QED) is 0.642. The molecule has 0 radical (unpaired) electrons. The van der Waals surface area contributed by atoms with E-state index in [2.05, 4.69) is 21.4 Å². The van der Waals surface area contributed by atoms with Gasteiger partial charge >= 0.3 is 6.18 Å². The maximum absolute atomic E-state index is 12.7. The lowest BCUT2D eigenvalue weighted by Gasteiger charge is -2.11. The van der Waals surface area contributed by atoms with Crippen LogP contribution in [0.15, 0.2) is 52.9 Å². The molecular weight excluding hydrogens is 359 g/mol. The number of nitrogens with one attached hydrogen (secondary N) is 1. The van der Waals surface area contributed by atoms with Gasteiger partial charge in [-0.05, 0) is 36.4 Å². The number of hydrogen-bond donors (Lipinski definition) is 2. The predicted octanol–water partition coefficient (Wildman–Crippen LogP) is 4.56. The summed E-state index contributed by atoms with van der Waals surface area (Å²) in [6.45, 7) is 0. The van der Waals surface area contributed by atoms with Crippen molar-refractivity contribution in [2.24, 2.45) is 0 Å². The van der Waals surface area contributed by atoms with Gasteiger partial charge in [0.2, 0.25) is 11.8 Å². The van der Waals surface area contributed by atoms with E-state index in [4.69, 9.17) is 10.8 Å². The van der Waals surface area contributed by atoms with Crippen LogP contribution in [0.25, 0.3) is 11.5 Å². The molecule has 0 bridgehead atoms. The van der Waals surface area contributed by atoms with Crippen molar-refractivity contribution < 1.29 is 22.7 Å². The number of terminal acetylenes is 1. The average molecular weight is 373 g/mol. The molecule has 8 heteroatoms. The Morgan fingerprint density at radius 3 is 2.48 bits per heavy atom. The summed E-state index contributed by atoms with van der Waals surface area (Å²) < 4.78 is 43.5. The molecule has 27 heavy (non-hydrogen) atoms. The fourth-order valence-corrected chi connectivity index (χ4v) is 2.35. The molecule has 0 saturated carbocycles. The maximum Gasteiger partial charge on any atom is 0.416 e. The molecule has 1 atom stereocenters. The SMILES string of the molecule is C#CCC(O)c1nnc(-c2ccccc2Nc2ccc(C(F)(F)F)cc2)o1. The van der Waals surface area contributed by atoms with Gasteiger partial charge in [-0.15, -0.1) is 22.5 Å². The second-order valence-electron chi connectivity index (χ2n) is 5.62. The highest BCUT2D eigenvalue weighted by Crippen LogP contribution is 2.33. The van der Waals surface area contributed by atoms with Crippen LogP contribution in [0.2, 0.25) is 0 Å². The van der Waals surface area contributed by atoms with Crippen molar-refractivity contribution in [1.29, 1.82) is 0 Å². The normalized spacial score (nSPS) is 12.4. The smallest absolute Gasteiger partial charge is 0.416 e. The van der Waals surface area contributed by atoms with E-state index in [1.54, 1.807) is 24.3 Å². The van der Waals surface area contributed by atoms with Crippen molar-refractivity contribution in [3.63, 3.8) is 0 Å². The lowest BCUT2D eigenvalue weighted by Crippen LogP contribution is -2.04. The van der Waals surface area contributed by atoms with Crippen molar-refractivity contribution in [3.8, 4) is 23.8 Å². The molecular formula is C19H14F3N3O2. The van der Waals surface area contributed by atoms with Gasteiger partial charge in [0, 0.05) is 12.1 Å². The molecule has 2 aromatic carbocycles. The van der Waals surface area contributed by atoms with E-state index in [0.29, 0.717) is 16.9 Å². The van der Waals surface area contributed by atoms with E-state index < -0.39 is 17.8 Å². The molecule has 2 N–H and O–H groups in total. The van der Waals surface area contributed by atoms with Gasteiger partial charge in [0.05, 0.1) is 16.8 Å². The molecule has 138 valence electrons. The van der Waals surface area contributed by atoms with Gasteiger partial charge in [-0.2, -0.15) is 13.2 Å². The molecule has 5 nitrogen and oxygen atoms in total. The third-order valence-corrected chi connectivity index (χ3v) is 3.69. The maximum atomic E-state index is 12.7. The van der Waals surface area contributed by atoms with Crippen molar-refractivity contribution in [2.45, 2.75) is 18.7 Å². The third kappa shape index (κ3) is 4.27. The van der Waals surface area contributed by atoms with Crippen LogP contribution in [-0.2, 0) is 6.18 Å². The molecule has 0 fully saturated rings. The first-order chi connectivity index (χ1) is 12.9. The van der Waals surface area contributed by atoms with E-state index in [1.165, 1.54) is 12.1 Å². The summed E-state index contributed by atoms with van der Waals surface area (Å²) in [6.07, 6.45) is -0.270. The molecule has 1 unspecified atom stereocenters. The van der Waals surface area contributed by atoms with Crippen LogP contribution in [-0.4, -0.2) is 15.3 Å². The minimum atomic E-state index is -4.39. The molecule has 1 heterocycles. The Bertz CT molecular complexity index is 959. The van der Waals surface area contributed by atoms with Crippen molar-refractivity contribution in [3.05, 3.63) is 60.0 Å². The Labute approximate surface area is 152 Å². The first-order valence-corrected chi connectivity index (χ1v) is 7.87. The summed E-state index contributed by atoms with van der Waals surface area (Å²) >= 11 is 0. The second kappa shape index (κ2) is 7.51. The Kier molecular flexibility index (Phi) is 5.14. The van der Waals surface area contributed by atoms with E-state index >= 15 is 0 Å². The van der Waals surface area contributed by atoms with Crippen LogP contribution >= 0.6 is 0 Å².